The van der Waals surface area contributed by atoms with Crippen LogP contribution in [-0.2, 0) is 25.3 Å². The molecule has 2 amide bonds. The SMILES string of the molecule is Cn1ncc(C(=O)N2CCN3C(=O)c4cccnc4C[C@]32c2ccc(Cl)cc2)c1C(F)(F)F. The van der Waals surface area contributed by atoms with Gasteiger partial charge in [0.05, 0.1) is 23.0 Å². The average Bonchev–Trinajstić information content (AvgIpc) is 3.35. The first-order chi connectivity index (χ1) is 15.6. The molecule has 5 rings (SSSR count). The summed E-state index contributed by atoms with van der Waals surface area (Å²) in [5, 5.41) is 4.13. The number of nitrogens with zero attached hydrogens (tertiary/aromatic N) is 5. The largest absolute Gasteiger partial charge is 0.433 e. The van der Waals surface area contributed by atoms with Crippen molar-refractivity contribution in [2.45, 2.75) is 18.3 Å². The van der Waals surface area contributed by atoms with Gasteiger partial charge in [0.2, 0.25) is 0 Å². The second kappa shape index (κ2) is 7.31. The maximum absolute atomic E-state index is 13.7. The summed E-state index contributed by atoms with van der Waals surface area (Å²) in [6, 6.07) is 9.90. The number of fused-ring (bicyclic) bond motifs is 2. The molecule has 1 saturated heterocycles. The number of carbonyl (C=O) groups is 2. The molecule has 33 heavy (non-hydrogen) atoms. The zero-order valence-electron chi connectivity index (χ0n) is 17.3. The van der Waals surface area contributed by atoms with Gasteiger partial charge >= 0.3 is 6.18 Å². The maximum atomic E-state index is 13.7. The van der Waals surface area contributed by atoms with E-state index in [1.165, 1.54) is 9.80 Å². The van der Waals surface area contributed by atoms with E-state index in [9.17, 15) is 22.8 Å². The molecule has 4 heterocycles. The smallest absolute Gasteiger partial charge is 0.309 e. The van der Waals surface area contributed by atoms with Crippen LogP contribution in [0.3, 0.4) is 0 Å². The van der Waals surface area contributed by atoms with Crippen LogP contribution in [0.2, 0.25) is 5.02 Å². The number of aromatic nitrogens is 3. The van der Waals surface area contributed by atoms with Gasteiger partial charge in [-0.15, -0.1) is 0 Å². The molecule has 0 saturated carbocycles. The predicted molar refractivity (Wildman–Crippen MR) is 111 cm³/mol. The lowest BCUT2D eigenvalue weighted by Gasteiger charge is -2.46. The van der Waals surface area contributed by atoms with Crippen molar-refractivity contribution in [2.75, 3.05) is 13.1 Å². The highest BCUT2D eigenvalue weighted by molar-refractivity contribution is 6.30. The van der Waals surface area contributed by atoms with E-state index < -0.39 is 29.0 Å². The first-order valence-electron chi connectivity index (χ1n) is 10.1. The van der Waals surface area contributed by atoms with Crippen LogP contribution in [0.25, 0.3) is 0 Å². The summed E-state index contributed by atoms with van der Waals surface area (Å²) in [4.78, 5) is 34.2. The van der Waals surface area contributed by atoms with Gasteiger partial charge in [-0.3, -0.25) is 19.3 Å². The fourth-order valence-electron chi connectivity index (χ4n) is 4.80. The summed E-state index contributed by atoms with van der Waals surface area (Å²) in [6.07, 6.45) is -2.19. The highest BCUT2D eigenvalue weighted by atomic mass is 35.5. The molecule has 2 aliphatic heterocycles. The molecular weight excluding hydrogens is 459 g/mol. The van der Waals surface area contributed by atoms with E-state index >= 15 is 0 Å². The molecule has 0 radical (unpaired) electrons. The van der Waals surface area contributed by atoms with Gasteiger partial charge in [-0.2, -0.15) is 18.3 Å². The van der Waals surface area contributed by atoms with E-state index in [1.54, 1.807) is 42.6 Å². The first kappa shape index (κ1) is 21.4. The van der Waals surface area contributed by atoms with Crippen LogP contribution in [0.15, 0.2) is 48.8 Å². The topological polar surface area (TPSA) is 71.3 Å². The minimum atomic E-state index is -4.78. The van der Waals surface area contributed by atoms with Crippen molar-refractivity contribution in [1.82, 2.24) is 24.6 Å². The second-order valence-corrected chi connectivity index (χ2v) is 8.38. The van der Waals surface area contributed by atoms with E-state index in [1.807, 2.05) is 0 Å². The van der Waals surface area contributed by atoms with Crippen LogP contribution >= 0.6 is 11.6 Å². The van der Waals surface area contributed by atoms with Crippen molar-refractivity contribution in [3.8, 4) is 0 Å². The van der Waals surface area contributed by atoms with Gasteiger partial charge in [-0.1, -0.05) is 23.7 Å². The zero-order valence-corrected chi connectivity index (χ0v) is 18.1. The highest BCUT2D eigenvalue weighted by Gasteiger charge is 2.57. The Morgan fingerprint density at radius 3 is 2.58 bits per heavy atom. The van der Waals surface area contributed by atoms with E-state index in [4.69, 9.17) is 11.6 Å². The average molecular weight is 476 g/mol. The number of benzene rings is 1. The lowest BCUT2D eigenvalue weighted by Crippen LogP contribution is -2.58. The summed E-state index contributed by atoms with van der Waals surface area (Å²) < 4.78 is 41.8. The highest BCUT2D eigenvalue weighted by Crippen LogP contribution is 2.46. The fraction of sp³-hybridized carbons (Fsp3) is 0.273. The molecule has 7 nitrogen and oxygen atoms in total. The van der Waals surface area contributed by atoms with Gasteiger partial charge in [0, 0.05) is 37.8 Å². The molecule has 2 aliphatic rings. The van der Waals surface area contributed by atoms with Gasteiger partial charge in [0.25, 0.3) is 11.8 Å². The Labute approximate surface area is 191 Å². The van der Waals surface area contributed by atoms with Crippen LogP contribution < -0.4 is 0 Å². The van der Waals surface area contributed by atoms with Crippen molar-refractivity contribution in [2.24, 2.45) is 7.05 Å². The summed E-state index contributed by atoms with van der Waals surface area (Å²) in [5.74, 6) is -1.20. The second-order valence-electron chi connectivity index (χ2n) is 7.94. The van der Waals surface area contributed by atoms with Crippen LogP contribution in [0.1, 0.15) is 37.7 Å². The number of aryl methyl sites for hydroxylation is 1. The standard InChI is InChI=1S/C22H17ClF3N5O2/c1-29-18(22(24,25)26)16(12-28-29)20(33)31-10-9-30-19(32)15-3-2-8-27-17(15)11-21(30,31)13-4-6-14(23)7-5-13/h2-8,12H,9-11H2,1H3/t21-/m0/s1. The normalized spacial score (nSPS) is 20.1. The first-order valence-corrected chi connectivity index (χ1v) is 10.5. The van der Waals surface area contributed by atoms with Crippen molar-refractivity contribution < 1.29 is 22.8 Å². The molecule has 0 bridgehead atoms. The van der Waals surface area contributed by atoms with E-state index in [2.05, 4.69) is 10.1 Å². The third kappa shape index (κ3) is 3.12. The van der Waals surface area contributed by atoms with Crippen molar-refractivity contribution >= 4 is 23.4 Å². The molecule has 170 valence electrons. The molecular formula is C22H17ClF3N5O2. The Morgan fingerprint density at radius 2 is 1.88 bits per heavy atom. The molecule has 3 aromatic rings. The molecule has 1 aromatic carbocycles. The van der Waals surface area contributed by atoms with Gasteiger partial charge < -0.3 is 9.80 Å². The van der Waals surface area contributed by atoms with Crippen molar-refractivity contribution in [1.29, 1.82) is 0 Å². The lowest BCUT2D eigenvalue weighted by molar-refractivity contribution is -0.144. The number of rotatable bonds is 2. The molecule has 1 atom stereocenters. The Hall–Kier alpha value is -3.40. The quantitative estimate of drug-likeness (QED) is 0.569. The molecule has 0 aliphatic carbocycles. The van der Waals surface area contributed by atoms with Crippen molar-refractivity contribution in [3.05, 3.63) is 81.9 Å². The molecule has 0 unspecified atom stereocenters. The number of carbonyl (C=O) groups excluding carboxylic acids is 2. The number of hydrogen-bond donors (Lipinski definition) is 0. The van der Waals surface area contributed by atoms with Gasteiger partial charge in [-0.05, 0) is 29.8 Å². The summed E-state index contributed by atoms with van der Waals surface area (Å²) in [6.45, 7) is 0.205. The van der Waals surface area contributed by atoms with Crippen molar-refractivity contribution in [3.63, 3.8) is 0 Å². The molecule has 1 fully saturated rings. The zero-order chi connectivity index (χ0) is 23.5. The third-order valence-electron chi connectivity index (χ3n) is 6.21. The molecule has 0 spiro atoms. The molecule has 0 N–H and O–H groups in total. The molecule has 11 heteroatoms. The monoisotopic (exact) mass is 475 g/mol. The lowest BCUT2D eigenvalue weighted by atomic mass is 9.86. The Morgan fingerprint density at radius 1 is 1.15 bits per heavy atom. The van der Waals surface area contributed by atoms with E-state index in [-0.39, 0.29) is 25.4 Å². The number of hydrogen-bond acceptors (Lipinski definition) is 4. The Balaban J connectivity index is 1.70. The van der Waals surface area contributed by atoms with Crippen LogP contribution in [-0.4, -0.2) is 49.5 Å². The number of amides is 2. The fourth-order valence-corrected chi connectivity index (χ4v) is 4.93. The van der Waals surface area contributed by atoms with Crippen LogP contribution in [0.4, 0.5) is 13.2 Å². The van der Waals surface area contributed by atoms with Crippen LogP contribution in [0, 0.1) is 0 Å². The maximum Gasteiger partial charge on any atom is 0.433 e. The summed E-state index contributed by atoms with van der Waals surface area (Å²) >= 11 is 6.06. The minimum Gasteiger partial charge on any atom is -0.309 e. The van der Waals surface area contributed by atoms with Crippen LogP contribution in [0.5, 0.6) is 0 Å². The number of halogens is 4. The molecule has 2 aromatic heterocycles. The number of alkyl halides is 3. The number of pyridine rings is 1. The van der Waals surface area contributed by atoms with E-state index in [0.717, 1.165) is 13.2 Å². The predicted octanol–water partition coefficient (Wildman–Crippen LogP) is 3.49. The van der Waals surface area contributed by atoms with Gasteiger partial charge in [-0.25, -0.2) is 0 Å². The Bertz CT molecular complexity index is 1270. The summed E-state index contributed by atoms with van der Waals surface area (Å²) in [7, 11) is 1.13. The minimum absolute atomic E-state index is 0.0490. The van der Waals surface area contributed by atoms with Gasteiger partial charge in [0.1, 0.15) is 5.66 Å². The Kier molecular flexibility index (Phi) is 4.75. The summed E-state index contributed by atoms with van der Waals surface area (Å²) in [5.41, 5.74) is -1.62. The third-order valence-corrected chi connectivity index (χ3v) is 6.46. The van der Waals surface area contributed by atoms with E-state index in [0.29, 0.717) is 26.5 Å². The van der Waals surface area contributed by atoms with Gasteiger partial charge in [0.15, 0.2) is 5.69 Å².